The van der Waals surface area contributed by atoms with Crippen LogP contribution >= 0.6 is 0 Å². The molecule has 2 aliphatic heterocycles. The highest BCUT2D eigenvalue weighted by atomic mass is 19.3. The number of nitrogens with zero attached hydrogens (tertiary/aromatic N) is 2. The second kappa shape index (κ2) is 6.70. The van der Waals surface area contributed by atoms with E-state index in [1.807, 2.05) is 11.9 Å². The maximum absolute atomic E-state index is 13.1. The molecular weight excluding hydrogens is 302 g/mol. The van der Waals surface area contributed by atoms with Crippen molar-refractivity contribution in [2.24, 2.45) is 0 Å². The molecule has 2 saturated heterocycles. The molecule has 2 fully saturated rings. The first-order chi connectivity index (χ1) is 10.3. The molecule has 0 aromatic rings. The van der Waals surface area contributed by atoms with Gasteiger partial charge in [-0.3, -0.25) is 14.6 Å². The monoisotopic (exact) mass is 325 g/mol. The van der Waals surface area contributed by atoms with Gasteiger partial charge in [-0.1, -0.05) is 0 Å². The largest absolute Gasteiger partial charge is 0.356 e. The summed E-state index contributed by atoms with van der Waals surface area (Å²) in [5, 5.41) is 2.82. The summed E-state index contributed by atoms with van der Waals surface area (Å²) in [7, 11) is 1.97. The average molecular weight is 325 g/mol. The third kappa shape index (κ3) is 3.90. The van der Waals surface area contributed by atoms with Gasteiger partial charge in [-0.15, -0.1) is 0 Å². The van der Waals surface area contributed by atoms with E-state index >= 15 is 0 Å². The van der Waals surface area contributed by atoms with Gasteiger partial charge < -0.3 is 5.32 Å². The van der Waals surface area contributed by atoms with Gasteiger partial charge in [0.2, 0.25) is 5.91 Å². The highest BCUT2D eigenvalue weighted by Gasteiger charge is 2.43. The highest BCUT2D eigenvalue weighted by molar-refractivity contribution is 5.76. The second-order valence-electron chi connectivity index (χ2n) is 6.33. The molecule has 0 radical (unpaired) electrons. The summed E-state index contributed by atoms with van der Waals surface area (Å²) in [5.41, 5.74) is -0.239. The molecule has 0 aromatic heterocycles. The summed E-state index contributed by atoms with van der Waals surface area (Å²) >= 11 is 0. The Labute approximate surface area is 127 Å². The number of hydrogen-bond donors (Lipinski definition) is 1. The van der Waals surface area contributed by atoms with Crippen molar-refractivity contribution < 1.29 is 22.4 Å². The predicted molar refractivity (Wildman–Crippen MR) is 74.2 cm³/mol. The van der Waals surface area contributed by atoms with Crippen LogP contribution in [0.15, 0.2) is 0 Å². The topological polar surface area (TPSA) is 35.6 Å². The smallest absolute Gasteiger partial charge is 0.308 e. The fourth-order valence-electron chi connectivity index (χ4n) is 3.29. The van der Waals surface area contributed by atoms with Crippen LogP contribution in [0, 0.1) is 0 Å². The van der Waals surface area contributed by atoms with E-state index < -0.39 is 18.8 Å². The minimum absolute atomic E-state index is 0.00614. The molecule has 8 heteroatoms. The first kappa shape index (κ1) is 17.5. The van der Waals surface area contributed by atoms with Crippen LogP contribution in [0.25, 0.3) is 0 Å². The Bertz CT molecular complexity index is 408. The summed E-state index contributed by atoms with van der Waals surface area (Å²) in [6, 6.07) is 0. The van der Waals surface area contributed by atoms with E-state index in [0.29, 0.717) is 39.0 Å². The molecule has 0 bridgehead atoms. The number of halogens is 4. The number of carbonyl (C=O) groups is 1. The lowest BCUT2D eigenvalue weighted by Gasteiger charge is -2.49. The zero-order valence-electron chi connectivity index (χ0n) is 12.8. The first-order valence-corrected chi connectivity index (χ1v) is 7.61. The molecule has 1 N–H and O–H groups in total. The quantitative estimate of drug-likeness (QED) is 0.797. The molecule has 2 aliphatic rings. The number of carbonyl (C=O) groups excluding carboxylic acids is 1. The van der Waals surface area contributed by atoms with Crippen LogP contribution < -0.4 is 5.32 Å². The number of likely N-dealkylation sites (N-methyl/N-ethyl adjacent to an activating group) is 1. The Morgan fingerprint density at radius 3 is 2.73 bits per heavy atom. The Morgan fingerprint density at radius 1 is 1.32 bits per heavy atom. The Balaban J connectivity index is 1.97. The molecule has 0 aromatic carbocycles. The Morgan fingerprint density at radius 2 is 2.05 bits per heavy atom. The summed E-state index contributed by atoms with van der Waals surface area (Å²) in [5.74, 6) is -3.93. The van der Waals surface area contributed by atoms with Crippen molar-refractivity contribution in [3.8, 4) is 0 Å². The van der Waals surface area contributed by atoms with E-state index in [9.17, 15) is 22.4 Å². The fourth-order valence-corrected chi connectivity index (χ4v) is 3.29. The van der Waals surface area contributed by atoms with Gasteiger partial charge >= 0.3 is 12.3 Å². The third-order valence-electron chi connectivity index (χ3n) is 4.89. The summed E-state index contributed by atoms with van der Waals surface area (Å²) in [6.07, 6.45) is -2.63. The van der Waals surface area contributed by atoms with E-state index in [1.54, 1.807) is 0 Å². The lowest BCUT2D eigenvalue weighted by atomic mass is 9.86. The first-order valence-electron chi connectivity index (χ1n) is 7.61. The minimum atomic E-state index is -3.93. The molecule has 22 heavy (non-hydrogen) atoms. The number of rotatable bonds is 4. The number of alkyl halides is 4. The molecule has 1 atom stereocenters. The van der Waals surface area contributed by atoms with E-state index in [0.717, 1.165) is 6.42 Å². The fraction of sp³-hybridized carbons (Fsp3) is 0.929. The summed E-state index contributed by atoms with van der Waals surface area (Å²) in [6.45, 7) is 2.32. The van der Waals surface area contributed by atoms with Crippen LogP contribution in [-0.4, -0.2) is 73.4 Å². The third-order valence-corrected chi connectivity index (χ3v) is 4.89. The summed E-state index contributed by atoms with van der Waals surface area (Å²) in [4.78, 5) is 15.5. The molecular formula is C14H23F4N3O. The SMILES string of the molecule is CN1CCN(CCC(F)(F)C(F)F)C[C@]12CCNC(=O)CC2. The second-order valence-corrected chi connectivity index (χ2v) is 6.33. The van der Waals surface area contributed by atoms with Crippen molar-refractivity contribution in [1.82, 2.24) is 15.1 Å². The predicted octanol–water partition coefficient (Wildman–Crippen LogP) is 1.56. The van der Waals surface area contributed by atoms with Gasteiger partial charge in [0.05, 0.1) is 0 Å². The van der Waals surface area contributed by atoms with Gasteiger partial charge in [-0.2, -0.15) is 0 Å². The minimum Gasteiger partial charge on any atom is -0.356 e. The molecule has 0 unspecified atom stereocenters. The van der Waals surface area contributed by atoms with Crippen LogP contribution in [0.2, 0.25) is 0 Å². The van der Waals surface area contributed by atoms with Gasteiger partial charge in [0.25, 0.3) is 0 Å². The molecule has 4 nitrogen and oxygen atoms in total. The average Bonchev–Trinajstić information content (AvgIpc) is 2.63. The zero-order valence-corrected chi connectivity index (χ0v) is 12.8. The van der Waals surface area contributed by atoms with Gasteiger partial charge in [0.15, 0.2) is 0 Å². The molecule has 0 aliphatic carbocycles. The van der Waals surface area contributed by atoms with Gasteiger partial charge in [-0.05, 0) is 19.9 Å². The lowest BCUT2D eigenvalue weighted by molar-refractivity contribution is -0.138. The molecule has 1 spiro atoms. The van der Waals surface area contributed by atoms with Gasteiger partial charge in [0, 0.05) is 51.1 Å². The van der Waals surface area contributed by atoms with Crippen molar-refractivity contribution in [2.45, 2.75) is 43.6 Å². The molecule has 1 amide bonds. The maximum Gasteiger partial charge on any atom is 0.308 e. The van der Waals surface area contributed by atoms with E-state index in [4.69, 9.17) is 0 Å². The summed E-state index contributed by atoms with van der Waals surface area (Å²) < 4.78 is 50.7. The molecule has 2 heterocycles. The van der Waals surface area contributed by atoms with Crippen molar-refractivity contribution in [1.29, 1.82) is 0 Å². The van der Waals surface area contributed by atoms with Crippen molar-refractivity contribution >= 4 is 5.91 Å². The number of nitrogens with one attached hydrogen (secondary N) is 1. The van der Waals surface area contributed by atoms with Crippen LogP contribution in [0.1, 0.15) is 25.7 Å². The van der Waals surface area contributed by atoms with E-state index in [2.05, 4.69) is 10.2 Å². The lowest BCUT2D eigenvalue weighted by Crippen LogP contribution is -2.61. The van der Waals surface area contributed by atoms with Crippen LogP contribution in [0.4, 0.5) is 17.6 Å². The van der Waals surface area contributed by atoms with E-state index in [-0.39, 0.29) is 18.0 Å². The molecule has 0 saturated carbocycles. The highest BCUT2D eigenvalue weighted by Crippen LogP contribution is 2.32. The number of amides is 1. The zero-order chi connectivity index (χ0) is 16.4. The number of hydrogen-bond acceptors (Lipinski definition) is 3. The molecule has 128 valence electrons. The standard InChI is InChI=1S/C14H23F4N3O/c1-20-8-9-21(7-5-14(17,18)12(15)16)10-13(20)3-2-11(22)19-6-4-13/h12H,2-10H2,1H3,(H,19,22)/t13-/m0/s1. The maximum atomic E-state index is 13.1. The van der Waals surface area contributed by atoms with Crippen molar-refractivity contribution in [3.63, 3.8) is 0 Å². The van der Waals surface area contributed by atoms with Crippen molar-refractivity contribution in [3.05, 3.63) is 0 Å². The molecule has 2 rings (SSSR count). The van der Waals surface area contributed by atoms with Gasteiger partial charge in [0.1, 0.15) is 0 Å². The van der Waals surface area contributed by atoms with Crippen LogP contribution in [0.3, 0.4) is 0 Å². The van der Waals surface area contributed by atoms with Gasteiger partial charge in [-0.25, -0.2) is 17.6 Å². The Hall–Kier alpha value is -0.890. The van der Waals surface area contributed by atoms with Crippen molar-refractivity contribution in [2.75, 3.05) is 39.8 Å². The van der Waals surface area contributed by atoms with E-state index in [1.165, 1.54) is 0 Å². The van der Waals surface area contributed by atoms with Crippen LogP contribution in [0.5, 0.6) is 0 Å². The number of piperazine rings is 1. The normalized spacial score (nSPS) is 28.9. The Kier molecular flexibility index (Phi) is 5.32. The van der Waals surface area contributed by atoms with Crippen LogP contribution in [-0.2, 0) is 4.79 Å².